The van der Waals surface area contributed by atoms with Gasteiger partial charge in [-0.15, -0.1) is 11.6 Å². The molecule has 0 fully saturated rings. The summed E-state index contributed by atoms with van der Waals surface area (Å²) in [6, 6.07) is 7.87. The van der Waals surface area contributed by atoms with Crippen LogP contribution < -0.4 is 0 Å². The highest BCUT2D eigenvalue weighted by Crippen LogP contribution is 2.21. The standard InChI is InChI=1S/C11H8BrClN2/c12-9-6-14-11(15-7-9)10-4-2-1-3-8(10)5-13/h1-4,6-7H,5H2. The maximum atomic E-state index is 5.85. The van der Waals surface area contributed by atoms with Crippen molar-refractivity contribution >= 4 is 27.5 Å². The molecule has 0 aliphatic rings. The molecule has 0 saturated heterocycles. The molecule has 0 N–H and O–H groups in total. The molecule has 76 valence electrons. The van der Waals surface area contributed by atoms with E-state index in [0.29, 0.717) is 11.7 Å². The van der Waals surface area contributed by atoms with Crippen LogP contribution >= 0.6 is 27.5 Å². The second kappa shape index (κ2) is 4.73. The van der Waals surface area contributed by atoms with Crippen molar-refractivity contribution < 1.29 is 0 Å². The quantitative estimate of drug-likeness (QED) is 0.786. The molecule has 0 amide bonds. The predicted molar refractivity (Wildman–Crippen MR) is 64.7 cm³/mol. The Morgan fingerprint density at radius 3 is 2.47 bits per heavy atom. The minimum absolute atomic E-state index is 0.468. The van der Waals surface area contributed by atoms with E-state index >= 15 is 0 Å². The van der Waals surface area contributed by atoms with Crippen LogP contribution in [0.25, 0.3) is 11.4 Å². The van der Waals surface area contributed by atoms with Crippen molar-refractivity contribution in [3.63, 3.8) is 0 Å². The maximum Gasteiger partial charge on any atom is 0.159 e. The van der Waals surface area contributed by atoms with Gasteiger partial charge < -0.3 is 0 Å². The highest BCUT2D eigenvalue weighted by Gasteiger charge is 2.05. The molecule has 2 nitrogen and oxygen atoms in total. The number of halogens is 2. The van der Waals surface area contributed by atoms with Crippen LogP contribution in [0.2, 0.25) is 0 Å². The zero-order valence-corrected chi connectivity index (χ0v) is 10.2. The highest BCUT2D eigenvalue weighted by molar-refractivity contribution is 9.10. The average molecular weight is 284 g/mol. The first-order valence-corrected chi connectivity index (χ1v) is 5.76. The Bertz CT molecular complexity index is 456. The van der Waals surface area contributed by atoms with E-state index in [9.17, 15) is 0 Å². The van der Waals surface area contributed by atoms with E-state index < -0.39 is 0 Å². The van der Waals surface area contributed by atoms with E-state index in [1.807, 2.05) is 24.3 Å². The lowest BCUT2D eigenvalue weighted by atomic mass is 10.1. The van der Waals surface area contributed by atoms with E-state index in [1.54, 1.807) is 12.4 Å². The van der Waals surface area contributed by atoms with Gasteiger partial charge in [-0.3, -0.25) is 0 Å². The molecule has 1 aromatic carbocycles. The van der Waals surface area contributed by atoms with Gasteiger partial charge in [-0.1, -0.05) is 24.3 Å². The lowest BCUT2D eigenvalue weighted by Gasteiger charge is -2.04. The van der Waals surface area contributed by atoms with Crippen molar-refractivity contribution in [2.24, 2.45) is 0 Å². The van der Waals surface area contributed by atoms with Crippen molar-refractivity contribution in [3.05, 3.63) is 46.7 Å². The van der Waals surface area contributed by atoms with E-state index in [1.165, 1.54) is 0 Å². The fourth-order valence-corrected chi connectivity index (χ4v) is 1.74. The first kappa shape index (κ1) is 10.6. The summed E-state index contributed by atoms with van der Waals surface area (Å²) in [4.78, 5) is 8.48. The van der Waals surface area contributed by atoms with E-state index in [-0.39, 0.29) is 0 Å². The van der Waals surface area contributed by atoms with Gasteiger partial charge in [-0.2, -0.15) is 0 Å². The van der Waals surface area contributed by atoms with Crippen LogP contribution in [0.5, 0.6) is 0 Å². The summed E-state index contributed by atoms with van der Waals surface area (Å²) in [6.45, 7) is 0. The van der Waals surface area contributed by atoms with Gasteiger partial charge in [0.05, 0.1) is 4.47 Å². The molecule has 0 aliphatic carbocycles. The number of aromatic nitrogens is 2. The molecule has 0 aliphatic heterocycles. The molecular weight excluding hydrogens is 275 g/mol. The summed E-state index contributed by atoms with van der Waals surface area (Å²) >= 11 is 9.15. The zero-order chi connectivity index (χ0) is 10.7. The summed E-state index contributed by atoms with van der Waals surface area (Å²) in [5.41, 5.74) is 2.03. The van der Waals surface area contributed by atoms with E-state index in [2.05, 4.69) is 25.9 Å². The summed E-state index contributed by atoms with van der Waals surface area (Å²) in [7, 11) is 0. The minimum Gasteiger partial charge on any atom is -0.235 e. The molecule has 15 heavy (non-hydrogen) atoms. The lowest BCUT2D eigenvalue weighted by molar-refractivity contribution is 1.15. The predicted octanol–water partition coefficient (Wildman–Crippen LogP) is 3.64. The summed E-state index contributed by atoms with van der Waals surface area (Å²) in [6.07, 6.45) is 3.46. The van der Waals surface area contributed by atoms with Crippen LogP contribution in [-0.4, -0.2) is 9.97 Å². The molecule has 0 unspecified atom stereocenters. The second-order valence-corrected chi connectivity index (χ2v) is 4.20. The van der Waals surface area contributed by atoms with Crippen LogP contribution in [0.4, 0.5) is 0 Å². The molecule has 2 aromatic rings. The Morgan fingerprint density at radius 1 is 1.13 bits per heavy atom. The van der Waals surface area contributed by atoms with E-state index in [0.717, 1.165) is 15.6 Å². The van der Waals surface area contributed by atoms with Crippen LogP contribution in [0.1, 0.15) is 5.56 Å². The van der Waals surface area contributed by atoms with E-state index in [4.69, 9.17) is 11.6 Å². The Morgan fingerprint density at radius 2 is 1.80 bits per heavy atom. The lowest BCUT2D eigenvalue weighted by Crippen LogP contribution is -1.91. The minimum atomic E-state index is 0.468. The van der Waals surface area contributed by atoms with Gasteiger partial charge in [0.15, 0.2) is 5.82 Å². The third-order valence-corrected chi connectivity index (χ3v) is 2.72. The molecule has 2 rings (SSSR count). The zero-order valence-electron chi connectivity index (χ0n) is 7.82. The van der Waals surface area contributed by atoms with Gasteiger partial charge in [0.2, 0.25) is 0 Å². The van der Waals surface area contributed by atoms with Gasteiger partial charge in [-0.05, 0) is 21.5 Å². The van der Waals surface area contributed by atoms with Gasteiger partial charge in [-0.25, -0.2) is 9.97 Å². The number of nitrogens with zero attached hydrogens (tertiary/aromatic N) is 2. The fourth-order valence-electron chi connectivity index (χ4n) is 1.31. The molecule has 1 aromatic heterocycles. The first-order valence-electron chi connectivity index (χ1n) is 4.43. The van der Waals surface area contributed by atoms with Gasteiger partial charge in [0, 0.05) is 23.8 Å². The maximum absolute atomic E-state index is 5.85. The smallest absolute Gasteiger partial charge is 0.159 e. The average Bonchev–Trinajstić information content (AvgIpc) is 2.30. The highest BCUT2D eigenvalue weighted by atomic mass is 79.9. The number of rotatable bonds is 2. The SMILES string of the molecule is ClCc1ccccc1-c1ncc(Br)cn1. The summed E-state index contributed by atoms with van der Waals surface area (Å²) in [5, 5.41) is 0. The first-order chi connectivity index (χ1) is 7.31. The molecule has 4 heteroatoms. The Labute approximate surface area is 101 Å². The molecule has 1 heterocycles. The van der Waals surface area contributed by atoms with Crippen molar-refractivity contribution in [3.8, 4) is 11.4 Å². The van der Waals surface area contributed by atoms with Crippen molar-refractivity contribution in [2.45, 2.75) is 5.88 Å². The summed E-state index contributed by atoms with van der Waals surface area (Å²) < 4.78 is 0.870. The van der Waals surface area contributed by atoms with Crippen LogP contribution in [0.15, 0.2) is 41.1 Å². The number of benzene rings is 1. The molecule has 0 saturated carbocycles. The second-order valence-electron chi connectivity index (χ2n) is 3.02. The Balaban J connectivity index is 2.49. The Kier molecular flexibility index (Phi) is 3.34. The van der Waals surface area contributed by atoms with Gasteiger partial charge >= 0.3 is 0 Å². The Hall–Kier alpha value is -0.930. The third kappa shape index (κ3) is 2.36. The third-order valence-electron chi connectivity index (χ3n) is 2.02. The van der Waals surface area contributed by atoms with Crippen molar-refractivity contribution in [1.29, 1.82) is 0 Å². The molecule has 0 radical (unpaired) electrons. The fraction of sp³-hybridized carbons (Fsp3) is 0.0909. The number of hydrogen-bond donors (Lipinski definition) is 0. The normalized spacial score (nSPS) is 10.3. The topological polar surface area (TPSA) is 25.8 Å². The molecular formula is C11H8BrClN2. The van der Waals surface area contributed by atoms with Crippen LogP contribution in [0.3, 0.4) is 0 Å². The molecule has 0 atom stereocenters. The molecule has 0 spiro atoms. The summed E-state index contributed by atoms with van der Waals surface area (Å²) in [5.74, 6) is 1.17. The largest absolute Gasteiger partial charge is 0.235 e. The van der Waals surface area contributed by atoms with Gasteiger partial charge in [0.25, 0.3) is 0 Å². The van der Waals surface area contributed by atoms with Crippen molar-refractivity contribution in [2.75, 3.05) is 0 Å². The van der Waals surface area contributed by atoms with Gasteiger partial charge in [0.1, 0.15) is 0 Å². The molecule has 0 bridgehead atoms. The van der Waals surface area contributed by atoms with Crippen molar-refractivity contribution in [1.82, 2.24) is 9.97 Å². The number of hydrogen-bond acceptors (Lipinski definition) is 2. The monoisotopic (exact) mass is 282 g/mol. The number of alkyl halides is 1. The van der Waals surface area contributed by atoms with Crippen LogP contribution in [0, 0.1) is 0 Å². The van der Waals surface area contributed by atoms with Crippen LogP contribution in [-0.2, 0) is 5.88 Å².